The zero-order chi connectivity index (χ0) is 15.2. The average Bonchev–Trinajstić information content (AvgIpc) is 2.51. The van der Waals surface area contributed by atoms with E-state index in [4.69, 9.17) is 4.74 Å². The third-order valence-electron chi connectivity index (χ3n) is 3.75. The Morgan fingerprint density at radius 3 is 2.43 bits per heavy atom. The first kappa shape index (κ1) is 16.1. The third-order valence-corrected chi connectivity index (χ3v) is 4.44. The van der Waals surface area contributed by atoms with Crippen LogP contribution in [-0.2, 0) is 0 Å². The maximum atomic E-state index is 5.55. The number of ether oxygens (including phenoxy) is 1. The molecule has 0 radical (unpaired) electrons. The number of benzene rings is 2. The van der Waals surface area contributed by atoms with Gasteiger partial charge in [0.2, 0.25) is 0 Å². The third kappa shape index (κ3) is 3.86. The molecule has 0 saturated carbocycles. The molecule has 21 heavy (non-hydrogen) atoms. The Kier molecular flexibility index (Phi) is 5.83. The van der Waals surface area contributed by atoms with E-state index >= 15 is 0 Å². The lowest BCUT2D eigenvalue weighted by Crippen LogP contribution is -2.22. The van der Waals surface area contributed by atoms with Crippen LogP contribution in [-0.4, -0.2) is 13.7 Å². The molecule has 0 heterocycles. The summed E-state index contributed by atoms with van der Waals surface area (Å²) in [7, 11) is 2.01. The Morgan fingerprint density at radius 2 is 1.86 bits per heavy atom. The smallest absolute Gasteiger partial charge is 0.120 e. The highest BCUT2D eigenvalue weighted by Gasteiger charge is 2.21. The maximum absolute atomic E-state index is 5.55. The zero-order valence-corrected chi connectivity index (χ0v) is 14.4. The lowest BCUT2D eigenvalue weighted by molar-refractivity contribution is 0.339. The van der Waals surface area contributed by atoms with Crippen LogP contribution in [0.15, 0.2) is 53.0 Å². The van der Waals surface area contributed by atoms with Gasteiger partial charge in [0.15, 0.2) is 0 Å². The quantitative estimate of drug-likeness (QED) is 0.801. The van der Waals surface area contributed by atoms with Crippen molar-refractivity contribution >= 4 is 15.9 Å². The summed E-state index contributed by atoms with van der Waals surface area (Å²) >= 11 is 3.68. The second-order valence-corrected chi connectivity index (χ2v) is 5.94. The highest BCUT2D eigenvalue weighted by atomic mass is 79.9. The van der Waals surface area contributed by atoms with Gasteiger partial charge in [-0.15, -0.1) is 0 Å². The van der Waals surface area contributed by atoms with Gasteiger partial charge >= 0.3 is 0 Å². The molecule has 0 amide bonds. The minimum Gasteiger partial charge on any atom is -0.494 e. The monoisotopic (exact) mass is 347 g/mol. The van der Waals surface area contributed by atoms with Crippen LogP contribution >= 0.6 is 15.9 Å². The predicted molar refractivity (Wildman–Crippen MR) is 92.0 cm³/mol. The van der Waals surface area contributed by atoms with E-state index < -0.39 is 0 Å². The minimum absolute atomic E-state index is 0.248. The first-order valence-corrected chi connectivity index (χ1v) is 8.11. The number of rotatable bonds is 6. The lowest BCUT2D eigenvalue weighted by Gasteiger charge is -2.26. The summed E-state index contributed by atoms with van der Waals surface area (Å²) in [4.78, 5) is 0. The van der Waals surface area contributed by atoms with Crippen LogP contribution in [0.25, 0.3) is 0 Å². The highest BCUT2D eigenvalue weighted by Crippen LogP contribution is 2.35. The largest absolute Gasteiger partial charge is 0.494 e. The van der Waals surface area contributed by atoms with Gasteiger partial charge in [-0.05, 0) is 37.2 Å². The summed E-state index contributed by atoms with van der Waals surface area (Å²) < 4.78 is 6.63. The number of hydrogen-bond acceptors (Lipinski definition) is 2. The molecular formula is C18H22BrNO. The van der Waals surface area contributed by atoms with Crippen LogP contribution in [0, 0.1) is 0 Å². The first-order chi connectivity index (χ1) is 10.2. The van der Waals surface area contributed by atoms with Crippen molar-refractivity contribution < 1.29 is 4.74 Å². The van der Waals surface area contributed by atoms with E-state index in [-0.39, 0.29) is 6.04 Å². The molecule has 0 spiro atoms. The summed E-state index contributed by atoms with van der Waals surface area (Å²) in [6, 6.07) is 17.0. The first-order valence-electron chi connectivity index (χ1n) is 7.31. The Labute approximate surface area is 135 Å². The number of nitrogens with one attached hydrogen (secondary N) is 1. The summed E-state index contributed by atoms with van der Waals surface area (Å²) in [6.07, 6.45) is 0. The molecule has 2 nitrogen and oxygen atoms in total. The molecule has 0 aliphatic heterocycles. The summed E-state index contributed by atoms with van der Waals surface area (Å²) in [5.74, 6) is 1.28. The molecule has 0 aliphatic rings. The minimum atomic E-state index is 0.248. The van der Waals surface area contributed by atoms with Crippen molar-refractivity contribution in [3.63, 3.8) is 0 Å². The zero-order valence-electron chi connectivity index (χ0n) is 12.8. The van der Waals surface area contributed by atoms with Crippen molar-refractivity contribution in [1.82, 2.24) is 5.32 Å². The molecule has 1 N–H and O–H groups in total. The molecule has 0 fully saturated rings. The van der Waals surface area contributed by atoms with Crippen molar-refractivity contribution in [3.05, 3.63) is 64.1 Å². The molecule has 0 bridgehead atoms. The van der Waals surface area contributed by atoms with Gasteiger partial charge in [-0.2, -0.15) is 0 Å². The SMILES string of the molecule is CCOc1ccc(C(NC)C(C)c2ccccc2)c(Br)c1. The molecule has 2 atom stereocenters. The molecule has 2 unspecified atom stereocenters. The van der Waals surface area contributed by atoms with Crippen LogP contribution in [0.5, 0.6) is 5.75 Å². The number of likely N-dealkylation sites (N-methyl/N-ethyl adjacent to an activating group) is 1. The lowest BCUT2D eigenvalue weighted by atomic mass is 9.88. The Balaban J connectivity index is 2.29. The topological polar surface area (TPSA) is 21.3 Å². The van der Waals surface area contributed by atoms with Crippen molar-refractivity contribution in [2.45, 2.75) is 25.8 Å². The van der Waals surface area contributed by atoms with Crippen molar-refractivity contribution in [1.29, 1.82) is 0 Å². The van der Waals surface area contributed by atoms with Crippen LogP contribution in [0.1, 0.15) is 36.9 Å². The molecule has 0 aliphatic carbocycles. The number of hydrogen-bond donors (Lipinski definition) is 1. The van der Waals surface area contributed by atoms with E-state index in [1.54, 1.807) is 0 Å². The molecule has 2 rings (SSSR count). The van der Waals surface area contributed by atoms with Crippen LogP contribution in [0.2, 0.25) is 0 Å². The second kappa shape index (κ2) is 7.62. The van der Waals surface area contributed by atoms with E-state index in [9.17, 15) is 0 Å². The van der Waals surface area contributed by atoms with Crippen molar-refractivity contribution in [2.24, 2.45) is 0 Å². The van der Waals surface area contributed by atoms with Crippen LogP contribution in [0.3, 0.4) is 0 Å². The van der Waals surface area contributed by atoms with Gasteiger partial charge in [0, 0.05) is 16.4 Å². The fraction of sp³-hybridized carbons (Fsp3) is 0.333. The predicted octanol–water partition coefficient (Wildman–Crippen LogP) is 4.91. The van der Waals surface area contributed by atoms with Gasteiger partial charge in [0.1, 0.15) is 5.75 Å². The molecular weight excluding hydrogens is 326 g/mol. The van der Waals surface area contributed by atoms with Crippen molar-refractivity contribution in [2.75, 3.05) is 13.7 Å². The van der Waals surface area contributed by atoms with Gasteiger partial charge in [0.25, 0.3) is 0 Å². The van der Waals surface area contributed by atoms with Crippen molar-refractivity contribution in [3.8, 4) is 5.75 Å². The molecule has 3 heteroatoms. The van der Waals surface area contributed by atoms with Gasteiger partial charge in [0.05, 0.1) is 6.61 Å². The van der Waals surface area contributed by atoms with E-state index in [1.165, 1.54) is 11.1 Å². The summed E-state index contributed by atoms with van der Waals surface area (Å²) in [5.41, 5.74) is 2.58. The molecule has 112 valence electrons. The van der Waals surface area contributed by atoms with E-state index in [1.807, 2.05) is 26.1 Å². The molecule has 0 aromatic heterocycles. The van der Waals surface area contributed by atoms with E-state index in [0.29, 0.717) is 12.5 Å². The van der Waals surface area contributed by atoms with Crippen LogP contribution < -0.4 is 10.1 Å². The molecule has 0 saturated heterocycles. The Bertz CT molecular complexity index is 571. The maximum Gasteiger partial charge on any atom is 0.120 e. The fourth-order valence-corrected chi connectivity index (χ4v) is 3.24. The Morgan fingerprint density at radius 1 is 1.14 bits per heavy atom. The molecule has 2 aromatic carbocycles. The second-order valence-electron chi connectivity index (χ2n) is 5.08. The van der Waals surface area contributed by atoms with Gasteiger partial charge in [-0.3, -0.25) is 0 Å². The average molecular weight is 348 g/mol. The molecule has 2 aromatic rings. The summed E-state index contributed by atoms with van der Waals surface area (Å²) in [6.45, 7) is 4.93. The van der Waals surface area contributed by atoms with Gasteiger partial charge in [-0.25, -0.2) is 0 Å². The normalized spacial score (nSPS) is 13.7. The van der Waals surface area contributed by atoms with E-state index in [0.717, 1.165) is 10.2 Å². The fourth-order valence-electron chi connectivity index (χ4n) is 2.64. The van der Waals surface area contributed by atoms with Gasteiger partial charge < -0.3 is 10.1 Å². The Hall–Kier alpha value is -1.32. The standard InChI is InChI=1S/C18H22BrNO/c1-4-21-15-10-11-16(17(19)12-15)18(20-3)13(2)14-8-6-5-7-9-14/h5-13,18,20H,4H2,1-3H3. The van der Waals surface area contributed by atoms with Gasteiger partial charge in [-0.1, -0.05) is 59.3 Å². The highest BCUT2D eigenvalue weighted by molar-refractivity contribution is 9.10. The van der Waals surface area contributed by atoms with Crippen LogP contribution in [0.4, 0.5) is 0 Å². The summed E-state index contributed by atoms with van der Waals surface area (Å²) in [5, 5.41) is 3.44. The van der Waals surface area contributed by atoms with E-state index in [2.05, 4.69) is 64.6 Å². The number of halogens is 1.